The zero-order chi connectivity index (χ0) is 12.7. The highest BCUT2D eigenvalue weighted by Crippen LogP contribution is 2.31. The lowest BCUT2D eigenvalue weighted by Gasteiger charge is -2.19. The average Bonchev–Trinajstić information content (AvgIpc) is 2.34. The van der Waals surface area contributed by atoms with Gasteiger partial charge in [0.25, 0.3) is 0 Å². The van der Waals surface area contributed by atoms with E-state index in [1.54, 1.807) is 6.07 Å². The van der Waals surface area contributed by atoms with Crippen molar-refractivity contribution < 1.29 is 5.11 Å². The van der Waals surface area contributed by atoms with Gasteiger partial charge in [-0.1, -0.05) is 39.2 Å². The molecule has 96 valence electrons. The lowest BCUT2D eigenvalue weighted by Crippen LogP contribution is -2.07. The van der Waals surface area contributed by atoms with Crippen molar-refractivity contribution in [3.8, 4) is 5.75 Å². The van der Waals surface area contributed by atoms with Crippen LogP contribution in [0.15, 0.2) is 18.2 Å². The Morgan fingerprint density at radius 2 is 1.94 bits per heavy atom. The van der Waals surface area contributed by atoms with E-state index in [4.69, 9.17) is 5.73 Å². The van der Waals surface area contributed by atoms with Crippen molar-refractivity contribution in [1.29, 1.82) is 0 Å². The van der Waals surface area contributed by atoms with Crippen molar-refractivity contribution >= 4 is 0 Å². The van der Waals surface area contributed by atoms with Crippen LogP contribution in [0, 0.1) is 0 Å². The lowest BCUT2D eigenvalue weighted by atomic mass is 9.86. The molecule has 0 aliphatic rings. The van der Waals surface area contributed by atoms with Gasteiger partial charge in [-0.2, -0.15) is 0 Å². The molecule has 1 rings (SSSR count). The Morgan fingerprint density at radius 1 is 1.18 bits per heavy atom. The summed E-state index contributed by atoms with van der Waals surface area (Å²) in [6.07, 6.45) is 6.12. The number of hydrogen-bond donors (Lipinski definition) is 2. The maximum Gasteiger partial charge on any atom is 0.115 e. The summed E-state index contributed by atoms with van der Waals surface area (Å²) >= 11 is 0. The van der Waals surface area contributed by atoms with Crippen LogP contribution >= 0.6 is 0 Å². The van der Waals surface area contributed by atoms with Crippen molar-refractivity contribution in [3.05, 3.63) is 29.3 Å². The van der Waals surface area contributed by atoms with Crippen LogP contribution in [-0.2, 0) is 6.54 Å². The molecule has 1 aromatic rings. The van der Waals surface area contributed by atoms with Crippen LogP contribution in [0.3, 0.4) is 0 Å². The van der Waals surface area contributed by atoms with Gasteiger partial charge in [0.15, 0.2) is 0 Å². The Labute approximate surface area is 105 Å². The summed E-state index contributed by atoms with van der Waals surface area (Å²) < 4.78 is 0. The minimum absolute atomic E-state index is 0.319. The first-order valence-electron chi connectivity index (χ1n) is 6.74. The van der Waals surface area contributed by atoms with Gasteiger partial charge >= 0.3 is 0 Å². The van der Waals surface area contributed by atoms with Crippen LogP contribution in [0.2, 0.25) is 0 Å². The second-order valence-corrected chi connectivity index (χ2v) is 4.72. The van der Waals surface area contributed by atoms with Crippen LogP contribution in [0.4, 0.5) is 0 Å². The summed E-state index contributed by atoms with van der Waals surface area (Å²) in [6, 6.07) is 5.64. The fourth-order valence-electron chi connectivity index (χ4n) is 2.42. The number of nitrogens with two attached hydrogens (primary N) is 1. The van der Waals surface area contributed by atoms with E-state index in [9.17, 15) is 5.11 Å². The van der Waals surface area contributed by atoms with Gasteiger partial charge in [0.1, 0.15) is 5.75 Å². The maximum atomic E-state index is 9.50. The topological polar surface area (TPSA) is 46.2 Å². The van der Waals surface area contributed by atoms with Gasteiger partial charge in [0.2, 0.25) is 0 Å². The molecular weight excluding hydrogens is 210 g/mol. The number of phenolic OH excluding ortho intramolecular Hbond substituents is 1. The molecule has 0 amide bonds. The normalized spacial score (nSPS) is 12.6. The summed E-state index contributed by atoms with van der Waals surface area (Å²) in [6.45, 7) is 4.96. The Kier molecular flexibility index (Phi) is 6.06. The van der Waals surface area contributed by atoms with E-state index in [-0.39, 0.29) is 0 Å². The summed E-state index contributed by atoms with van der Waals surface area (Å²) in [5, 5.41) is 9.50. The molecule has 0 aliphatic heterocycles. The third kappa shape index (κ3) is 4.04. The Hall–Kier alpha value is -1.02. The number of phenols is 1. The third-order valence-electron chi connectivity index (χ3n) is 3.33. The van der Waals surface area contributed by atoms with Crippen molar-refractivity contribution in [2.24, 2.45) is 5.73 Å². The van der Waals surface area contributed by atoms with Gasteiger partial charge in [-0.3, -0.25) is 0 Å². The SMILES string of the molecule is CCCCC(CCC)c1ccc(O)cc1CN. The van der Waals surface area contributed by atoms with Crippen LogP contribution in [0.1, 0.15) is 63.0 Å². The molecule has 2 heteroatoms. The highest BCUT2D eigenvalue weighted by molar-refractivity contribution is 5.37. The van der Waals surface area contributed by atoms with E-state index in [1.165, 1.54) is 37.7 Å². The fraction of sp³-hybridized carbons (Fsp3) is 0.600. The third-order valence-corrected chi connectivity index (χ3v) is 3.33. The largest absolute Gasteiger partial charge is 0.508 e. The predicted molar refractivity (Wildman–Crippen MR) is 73.2 cm³/mol. The molecule has 0 saturated carbocycles. The number of rotatable bonds is 7. The molecule has 0 heterocycles. The standard InChI is InChI=1S/C15H25NO/c1-3-5-7-12(6-4-2)15-9-8-14(17)10-13(15)11-16/h8-10,12,17H,3-7,11,16H2,1-2H3. The monoisotopic (exact) mass is 235 g/mol. The van der Waals surface area contributed by atoms with Gasteiger partial charge in [-0.05, 0) is 42.0 Å². The zero-order valence-corrected chi connectivity index (χ0v) is 11.1. The molecule has 1 unspecified atom stereocenters. The summed E-state index contributed by atoms with van der Waals surface area (Å²) in [5.74, 6) is 0.916. The van der Waals surface area contributed by atoms with Gasteiger partial charge in [0, 0.05) is 6.54 Å². The van der Waals surface area contributed by atoms with Crippen LogP contribution in [0.25, 0.3) is 0 Å². The first-order valence-corrected chi connectivity index (χ1v) is 6.74. The Balaban J connectivity index is 2.91. The van der Waals surface area contributed by atoms with Gasteiger partial charge in [0.05, 0.1) is 0 Å². The zero-order valence-electron chi connectivity index (χ0n) is 11.1. The molecule has 1 aromatic carbocycles. The Bertz CT molecular complexity index is 336. The average molecular weight is 235 g/mol. The van der Waals surface area contributed by atoms with Crippen LogP contribution < -0.4 is 5.73 Å². The maximum absolute atomic E-state index is 9.50. The molecule has 3 N–H and O–H groups in total. The quantitative estimate of drug-likeness (QED) is 0.752. The van der Waals surface area contributed by atoms with Crippen LogP contribution in [0.5, 0.6) is 5.75 Å². The number of benzene rings is 1. The molecule has 0 spiro atoms. The fourth-order valence-corrected chi connectivity index (χ4v) is 2.42. The van der Waals surface area contributed by atoms with E-state index in [0.717, 1.165) is 5.56 Å². The van der Waals surface area contributed by atoms with E-state index in [0.29, 0.717) is 18.2 Å². The highest BCUT2D eigenvalue weighted by Gasteiger charge is 2.14. The molecular formula is C15H25NO. The number of unbranched alkanes of at least 4 members (excludes halogenated alkanes) is 1. The smallest absolute Gasteiger partial charge is 0.115 e. The summed E-state index contributed by atoms with van der Waals surface area (Å²) in [5.41, 5.74) is 8.20. The molecule has 17 heavy (non-hydrogen) atoms. The van der Waals surface area contributed by atoms with E-state index in [1.807, 2.05) is 12.1 Å². The minimum atomic E-state index is 0.319. The summed E-state index contributed by atoms with van der Waals surface area (Å²) in [7, 11) is 0. The predicted octanol–water partition coefficient (Wildman–Crippen LogP) is 3.92. The molecule has 2 nitrogen and oxygen atoms in total. The molecule has 0 fully saturated rings. The van der Waals surface area contributed by atoms with Crippen LogP contribution in [-0.4, -0.2) is 5.11 Å². The van der Waals surface area contributed by atoms with Crippen molar-refractivity contribution in [3.63, 3.8) is 0 Å². The van der Waals surface area contributed by atoms with Gasteiger partial charge in [-0.25, -0.2) is 0 Å². The highest BCUT2D eigenvalue weighted by atomic mass is 16.3. The van der Waals surface area contributed by atoms with Crippen molar-refractivity contribution in [2.45, 2.75) is 58.4 Å². The molecule has 1 atom stereocenters. The second kappa shape index (κ2) is 7.33. The molecule has 0 saturated heterocycles. The van der Waals surface area contributed by atoms with E-state index in [2.05, 4.69) is 13.8 Å². The Morgan fingerprint density at radius 3 is 2.53 bits per heavy atom. The molecule has 0 aromatic heterocycles. The molecule has 0 radical (unpaired) electrons. The molecule has 0 aliphatic carbocycles. The van der Waals surface area contributed by atoms with Crippen molar-refractivity contribution in [1.82, 2.24) is 0 Å². The summed E-state index contributed by atoms with van der Waals surface area (Å²) in [4.78, 5) is 0. The second-order valence-electron chi connectivity index (χ2n) is 4.72. The minimum Gasteiger partial charge on any atom is -0.508 e. The lowest BCUT2D eigenvalue weighted by molar-refractivity contribution is 0.472. The van der Waals surface area contributed by atoms with Gasteiger partial charge in [-0.15, -0.1) is 0 Å². The number of hydrogen-bond acceptors (Lipinski definition) is 2. The first kappa shape index (κ1) is 14.0. The van der Waals surface area contributed by atoms with Gasteiger partial charge < -0.3 is 10.8 Å². The molecule has 0 bridgehead atoms. The first-order chi connectivity index (χ1) is 8.22. The van der Waals surface area contributed by atoms with E-state index < -0.39 is 0 Å². The number of aromatic hydroxyl groups is 1. The van der Waals surface area contributed by atoms with E-state index >= 15 is 0 Å². The van der Waals surface area contributed by atoms with Crippen molar-refractivity contribution in [2.75, 3.05) is 0 Å².